The van der Waals surface area contributed by atoms with Crippen LogP contribution in [-0.4, -0.2) is 11.1 Å². The Hall–Kier alpha value is -2.27. The van der Waals surface area contributed by atoms with Gasteiger partial charge in [0.1, 0.15) is 0 Å². The van der Waals surface area contributed by atoms with Gasteiger partial charge in [0.25, 0.3) is 0 Å². The van der Waals surface area contributed by atoms with Crippen molar-refractivity contribution >= 4 is 5.97 Å². The SMILES string of the molecule is CC1C=C2C(=CC1C#Cc1ccc(C(=O)O)cc1)C(C)(C)C(C)C2(C)C. The van der Waals surface area contributed by atoms with Crippen molar-refractivity contribution in [3.05, 3.63) is 58.7 Å². The van der Waals surface area contributed by atoms with E-state index in [0.717, 1.165) is 5.56 Å². The first-order valence-corrected chi connectivity index (χ1v) is 9.35. The van der Waals surface area contributed by atoms with E-state index in [1.807, 2.05) is 0 Å². The highest BCUT2D eigenvalue weighted by atomic mass is 16.4. The van der Waals surface area contributed by atoms with E-state index in [4.69, 9.17) is 5.11 Å². The zero-order valence-corrected chi connectivity index (χ0v) is 16.6. The molecule has 0 aliphatic heterocycles. The Bertz CT molecular complexity index is 854. The van der Waals surface area contributed by atoms with E-state index in [9.17, 15) is 4.79 Å². The maximum absolute atomic E-state index is 11.0. The molecule has 2 nitrogen and oxygen atoms in total. The molecule has 2 aliphatic rings. The van der Waals surface area contributed by atoms with Crippen LogP contribution in [0.25, 0.3) is 0 Å². The zero-order valence-electron chi connectivity index (χ0n) is 16.6. The molecular formula is C24H28O2. The summed E-state index contributed by atoms with van der Waals surface area (Å²) >= 11 is 0. The van der Waals surface area contributed by atoms with Crippen molar-refractivity contribution in [3.63, 3.8) is 0 Å². The van der Waals surface area contributed by atoms with Gasteiger partial charge in [-0.25, -0.2) is 4.79 Å². The third-order valence-corrected chi connectivity index (χ3v) is 6.70. The molecule has 0 spiro atoms. The summed E-state index contributed by atoms with van der Waals surface area (Å²) in [6.45, 7) is 14.0. The van der Waals surface area contributed by atoms with Crippen molar-refractivity contribution in [2.24, 2.45) is 28.6 Å². The first-order chi connectivity index (χ1) is 12.0. The lowest BCUT2D eigenvalue weighted by Crippen LogP contribution is -2.25. The molecule has 0 heterocycles. The van der Waals surface area contributed by atoms with Crippen molar-refractivity contribution < 1.29 is 9.90 Å². The average molecular weight is 348 g/mol. The second-order valence-corrected chi connectivity index (χ2v) is 8.86. The molecule has 0 radical (unpaired) electrons. The molecule has 2 heteroatoms. The minimum Gasteiger partial charge on any atom is -0.478 e. The monoisotopic (exact) mass is 348 g/mol. The molecule has 0 saturated heterocycles. The Morgan fingerprint density at radius 2 is 1.50 bits per heavy atom. The van der Waals surface area contributed by atoms with E-state index in [0.29, 0.717) is 17.4 Å². The highest BCUT2D eigenvalue weighted by Gasteiger charge is 2.52. The van der Waals surface area contributed by atoms with Gasteiger partial charge in [-0.1, -0.05) is 65.5 Å². The molecule has 1 fully saturated rings. The van der Waals surface area contributed by atoms with Crippen LogP contribution >= 0.6 is 0 Å². The number of fused-ring (bicyclic) bond motifs is 1. The molecule has 3 atom stereocenters. The summed E-state index contributed by atoms with van der Waals surface area (Å²) in [4.78, 5) is 11.0. The van der Waals surface area contributed by atoms with Gasteiger partial charge in [-0.15, -0.1) is 0 Å². The lowest BCUT2D eigenvalue weighted by atomic mass is 9.73. The van der Waals surface area contributed by atoms with Crippen molar-refractivity contribution in [1.29, 1.82) is 0 Å². The zero-order chi connectivity index (χ0) is 19.3. The van der Waals surface area contributed by atoms with Crippen LogP contribution in [-0.2, 0) is 0 Å². The molecule has 2 aliphatic carbocycles. The summed E-state index contributed by atoms with van der Waals surface area (Å²) in [5, 5.41) is 8.99. The van der Waals surface area contributed by atoms with Crippen LogP contribution in [0.15, 0.2) is 47.6 Å². The van der Waals surface area contributed by atoms with E-state index >= 15 is 0 Å². The fourth-order valence-corrected chi connectivity index (χ4v) is 4.41. The maximum atomic E-state index is 11.0. The molecule has 0 amide bonds. The first kappa shape index (κ1) is 18.5. The highest BCUT2D eigenvalue weighted by Crippen LogP contribution is 2.61. The highest BCUT2D eigenvalue weighted by molar-refractivity contribution is 5.87. The number of allylic oxidation sites excluding steroid dienone is 4. The topological polar surface area (TPSA) is 37.3 Å². The first-order valence-electron chi connectivity index (χ1n) is 9.35. The van der Waals surface area contributed by atoms with E-state index in [1.165, 1.54) is 11.1 Å². The Morgan fingerprint density at radius 1 is 0.962 bits per heavy atom. The quantitative estimate of drug-likeness (QED) is 0.675. The van der Waals surface area contributed by atoms with Gasteiger partial charge in [0.05, 0.1) is 5.56 Å². The molecule has 1 aromatic rings. The van der Waals surface area contributed by atoms with Crippen LogP contribution < -0.4 is 0 Å². The van der Waals surface area contributed by atoms with Crippen molar-refractivity contribution in [2.75, 3.05) is 0 Å². The smallest absolute Gasteiger partial charge is 0.335 e. The Kier molecular flexibility index (Phi) is 4.39. The van der Waals surface area contributed by atoms with Gasteiger partial charge in [0.15, 0.2) is 0 Å². The maximum Gasteiger partial charge on any atom is 0.335 e. The summed E-state index contributed by atoms with van der Waals surface area (Å²) in [5.74, 6) is 6.88. The van der Waals surface area contributed by atoms with Gasteiger partial charge in [0, 0.05) is 11.5 Å². The van der Waals surface area contributed by atoms with Gasteiger partial charge in [-0.2, -0.15) is 0 Å². The minimum absolute atomic E-state index is 0.151. The molecule has 0 bridgehead atoms. The summed E-state index contributed by atoms with van der Waals surface area (Å²) in [6.07, 6.45) is 4.80. The van der Waals surface area contributed by atoms with E-state index in [2.05, 4.69) is 65.5 Å². The molecule has 1 aromatic carbocycles. The Balaban J connectivity index is 1.92. The third-order valence-electron chi connectivity index (χ3n) is 6.70. The van der Waals surface area contributed by atoms with Gasteiger partial charge < -0.3 is 5.11 Å². The van der Waals surface area contributed by atoms with E-state index < -0.39 is 5.97 Å². The van der Waals surface area contributed by atoms with Gasteiger partial charge in [0.2, 0.25) is 0 Å². The largest absolute Gasteiger partial charge is 0.478 e. The van der Waals surface area contributed by atoms with Crippen LogP contribution in [0.1, 0.15) is 57.5 Å². The molecule has 1 N–H and O–H groups in total. The minimum atomic E-state index is -0.909. The number of rotatable bonds is 1. The standard InChI is InChI=1S/C24H28O2/c1-15-13-20-21(24(5,6)16(2)23(20,3)4)14-19(15)12-9-17-7-10-18(11-8-17)22(25)26/h7-8,10-11,13-16,19H,1-6H3,(H,25,26). The van der Waals surface area contributed by atoms with Crippen LogP contribution in [0.5, 0.6) is 0 Å². The van der Waals surface area contributed by atoms with Gasteiger partial charge >= 0.3 is 5.97 Å². The van der Waals surface area contributed by atoms with E-state index in [-0.39, 0.29) is 16.7 Å². The lowest BCUT2D eigenvalue weighted by Gasteiger charge is -2.31. The Morgan fingerprint density at radius 3 is 2.04 bits per heavy atom. The lowest BCUT2D eigenvalue weighted by molar-refractivity contribution is 0.0697. The van der Waals surface area contributed by atoms with Gasteiger partial charge in [-0.05, 0) is 58.1 Å². The summed E-state index contributed by atoms with van der Waals surface area (Å²) < 4.78 is 0. The molecule has 3 rings (SSSR count). The van der Waals surface area contributed by atoms with Gasteiger partial charge in [-0.3, -0.25) is 0 Å². The van der Waals surface area contributed by atoms with Crippen molar-refractivity contribution in [1.82, 2.24) is 0 Å². The number of carboxylic acids is 1. The molecule has 1 saturated carbocycles. The van der Waals surface area contributed by atoms with E-state index in [1.54, 1.807) is 24.3 Å². The number of hydrogen-bond donors (Lipinski definition) is 1. The number of carbonyl (C=O) groups is 1. The number of aromatic carboxylic acids is 1. The predicted molar refractivity (Wildman–Crippen MR) is 106 cm³/mol. The summed E-state index contributed by atoms with van der Waals surface area (Å²) in [7, 11) is 0. The summed E-state index contributed by atoms with van der Waals surface area (Å²) in [5.41, 5.74) is 4.43. The Labute approximate surface area is 157 Å². The van der Waals surface area contributed by atoms with Crippen LogP contribution in [0.2, 0.25) is 0 Å². The molecule has 136 valence electrons. The summed E-state index contributed by atoms with van der Waals surface area (Å²) in [6, 6.07) is 6.78. The number of benzene rings is 1. The average Bonchev–Trinajstić information content (AvgIpc) is 2.71. The molecule has 26 heavy (non-hydrogen) atoms. The predicted octanol–water partition coefficient (Wildman–Crippen LogP) is 5.56. The fraction of sp³-hybridized carbons (Fsp3) is 0.458. The van der Waals surface area contributed by atoms with Crippen molar-refractivity contribution in [2.45, 2.75) is 41.5 Å². The number of carboxylic acid groups (broad SMARTS) is 1. The van der Waals surface area contributed by atoms with Crippen molar-refractivity contribution in [3.8, 4) is 11.8 Å². The normalized spacial score (nSPS) is 28.3. The van der Waals surface area contributed by atoms with Crippen LogP contribution in [0, 0.1) is 40.4 Å². The van der Waals surface area contributed by atoms with Crippen LogP contribution in [0.4, 0.5) is 0 Å². The third kappa shape index (κ3) is 2.90. The second kappa shape index (κ2) is 6.16. The second-order valence-electron chi connectivity index (χ2n) is 8.86. The fourth-order valence-electron chi connectivity index (χ4n) is 4.41. The van der Waals surface area contributed by atoms with Crippen LogP contribution in [0.3, 0.4) is 0 Å². The number of hydrogen-bond acceptors (Lipinski definition) is 1. The molecule has 3 unspecified atom stereocenters. The molecular weight excluding hydrogens is 320 g/mol. The molecule has 0 aromatic heterocycles.